The van der Waals surface area contributed by atoms with E-state index in [1.54, 1.807) is 29.6 Å². The smallest absolute Gasteiger partial charge is 0.289 e. The molecule has 0 aliphatic carbocycles. The molecule has 3 amide bonds. The molecule has 1 aliphatic rings. The summed E-state index contributed by atoms with van der Waals surface area (Å²) in [6, 6.07) is 6.79. The van der Waals surface area contributed by atoms with Gasteiger partial charge >= 0.3 is 0 Å². The summed E-state index contributed by atoms with van der Waals surface area (Å²) in [5.41, 5.74) is 5.18. The number of nitrogens with zero attached hydrogens (tertiary/aromatic N) is 2. The van der Waals surface area contributed by atoms with Gasteiger partial charge in [0.05, 0.1) is 19.8 Å². The summed E-state index contributed by atoms with van der Waals surface area (Å²) in [7, 11) is 0. The Kier molecular flexibility index (Phi) is 6.95. The van der Waals surface area contributed by atoms with Gasteiger partial charge in [0.1, 0.15) is 5.69 Å². The number of aromatic nitrogens is 1. The van der Waals surface area contributed by atoms with Gasteiger partial charge in [0.15, 0.2) is 5.13 Å². The van der Waals surface area contributed by atoms with Gasteiger partial charge in [-0.25, -0.2) is 4.98 Å². The molecule has 1 aromatic carbocycles. The zero-order valence-electron chi connectivity index (χ0n) is 14.7. The summed E-state index contributed by atoms with van der Waals surface area (Å²) in [5, 5.41) is 4.84. The van der Waals surface area contributed by atoms with Crippen molar-refractivity contribution in [3.63, 3.8) is 0 Å². The number of carbonyl (C=O) groups excluding carboxylic acids is 3. The molecule has 2 aromatic rings. The first-order valence-corrected chi connectivity index (χ1v) is 10.1. The van der Waals surface area contributed by atoms with E-state index in [1.807, 2.05) is 4.90 Å². The van der Waals surface area contributed by atoms with Crippen LogP contribution < -0.4 is 21.1 Å². The number of morpholine rings is 1. The van der Waals surface area contributed by atoms with E-state index in [1.165, 1.54) is 11.3 Å². The fourth-order valence-corrected chi connectivity index (χ4v) is 3.65. The Balaban J connectivity index is 1.43. The molecule has 28 heavy (non-hydrogen) atoms. The number of thiazole rings is 1. The molecular weight excluding hydrogens is 450 g/mol. The second-order valence-electron chi connectivity index (χ2n) is 5.81. The Morgan fingerprint density at radius 2 is 1.96 bits per heavy atom. The average Bonchev–Trinajstić information content (AvgIpc) is 3.21. The van der Waals surface area contributed by atoms with Crippen molar-refractivity contribution >= 4 is 50.1 Å². The minimum atomic E-state index is -0.555. The van der Waals surface area contributed by atoms with E-state index in [-0.39, 0.29) is 12.2 Å². The van der Waals surface area contributed by atoms with E-state index in [4.69, 9.17) is 4.74 Å². The number of benzene rings is 1. The van der Waals surface area contributed by atoms with Crippen LogP contribution in [0, 0.1) is 0 Å². The fraction of sp³-hybridized carbons (Fsp3) is 0.294. The van der Waals surface area contributed by atoms with E-state index in [9.17, 15) is 14.4 Å². The molecule has 0 atom stereocenters. The van der Waals surface area contributed by atoms with Crippen LogP contribution in [0.25, 0.3) is 0 Å². The minimum Gasteiger partial charge on any atom is -0.378 e. The van der Waals surface area contributed by atoms with Crippen molar-refractivity contribution in [3.05, 3.63) is 45.4 Å². The van der Waals surface area contributed by atoms with Crippen LogP contribution in [0.2, 0.25) is 0 Å². The molecule has 0 saturated carbocycles. The highest BCUT2D eigenvalue weighted by Crippen LogP contribution is 2.21. The van der Waals surface area contributed by atoms with E-state index < -0.39 is 17.7 Å². The molecule has 0 unspecified atom stereocenters. The van der Waals surface area contributed by atoms with Crippen LogP contribution in [0.4, 0.5) is 5.13 Å². The maximum absolute atomic E-state index is 12.1. The van der Waals surface area contributed by atoms with E-state index in [0.717, 1.165) is 22.7 Å². The molecule has 11 heteroatoms. The van der Waals surface area contributed by atoms with Crippen molar-refractivity contribution in [3.8, 4) is 0 Å². The molecule has 0 spiro atoms. The van der Waals surface area contributed by atoms with Crippen molar-refractivity contribution in [2.24, 2.45) is 0 Å². The molecule has 9 nitrogen and oxygen atoms in total. The van der Waals surface area contributed by atoms with Gasteiger partial charge in [-0.3, -0.25) is 25.2 Å². The predicted molar refractivity (Wildman–Crippen MR) is 107 cm³/mol. The van der Waals surface area contributed by atoms with Gasteiger partial charge in [0.25, 0.3) is 17.7 Å². The van der Waals surface area contributed by atoms with Crippen molar-refractivity contribution in [2.45, 2.75) is 0 Å². The lowest BCUT2D eigenvalue weighted by Gasteiger charge is -2.25. The first-order chi connectivity index (χ1) is 13.5. The summed E-state index contributed by atoms with van der Waals surface area (Å²) in [6.45, 7) is 2.43. The number of hydrogen-bond donors (Lipinski definition) is 3. The Hall–Kier alpha value is -2.50. The lowest BCUT2D eigenvalue weighted by atomic mass is 10.2. The summed E-state index contributed by atoms with van der Waals surface area (Å²) in [5.74, 6) is -1.47. The minimum absolute atomic E-state index is 0.213. The van der Waals surface area contributed by atoms with Crippen LogP contribution in [-0.4, -0.2) is 55.6 Å². The normalized spacial score (nSPS) is 13.7. The largest absolute Gasteiger partial charge is 0.378 e. The molecule has 1 saturated heterocycles. The number of carbonyl (C=O) groups is 3. The third kappa shape index (κ3) is 5.50. The number of hydrogen-bond acceptors (Lipinski definition) is 7. The van der Waals surface area contributed by atoms with Gasteiger partial charge in [-0.05, 0) is 18.2 Å². The quantitative estimate of drug-likeness (QED) is 0.563. The molecule has 0 bridgehead atoms. The van der Waals surface area contributed by atoms with Crippen LogP contribution in [0.1, 0.15) is 20.8 Å². The van der Waals surface area contributed by atoms with Crippen LogP contribution >= 0.6 is 27.3 Å². The highest BCUT2D eigenvalue weighted by molar-refractivity contribution is 9.10. The lowest BCUT2D eigenvalue weighted by Crippen LogP contribution is -2.46. The summed E-state index contributed by atoms with van der Waals surface area (Å²) >= 11 is 4.64. The third-order valence-electron chi connectivity index (χ3n) is 3.82. The van der Waals surface area contributed by atoms with Gasteiger partial charge in [0, 0.05) is 28.5 Å². The number of ether oxygens (including phenoxy) is 1. The number of rotatable bonds is 5. The van der Waals surface area contributed by atoms with Gasteiger partial charge < -0.3 is 15.0 Å². The Bertz CT molecular complexity index is 869. The molecule has 0 radical (unpaired) electrons. The van der Waals surface area contributed by atoms with Crippen LogP contribution in [0.15, 0.2) is 34.1 Å². The molecular formula is C17H18BrN5O4S. The number of hydrazine groups is 1. The molecule has 1 aliphatic heterocycles. The monoisotopic (exact) mass is 467 g/mol. The highest BCUT2D eigenvalue weighted by Gasteiger charge is 2.18. The Labute approximate surface area is 173 Å². The fourth-order valence-electron chi connectivity index (χ4n) is 2.40. The van der Waals surface area contributed by atoms with Crippen molar-refractivity contribution in [2.75, 3.05) is 37.7 Å². The zero-order chi connectivity index (χ0) is 19.9. The summed E-state index contributed by atoms with van der Waals surface area (Å²) in [4.78, 5) is 42.3. The number of halogens is 1. The maximum Gasteiger partial charge on any atom is 0.289 e. The zero-order valence-corrected chi connectivity index (χ0v) is 17.1. The van der Waals surface area contributed by atoms with Gasteiger partial charge in [-0.15, -0.1) is 11.3 Å². The number of nitrogens with one attached hydrogen (secondary N) is 3. The summed E-state index contributed by atoms with van der Waals surface area (Å²) in [6.07, 6.45) is 0. The van der Waals surface area contributed by atoms with Crippen LogP contribution in [0.5, 0.6) is 0 Å². The van der Waals surface area contributed by atoms with Gasteiger partial charge in [-0.2, -0.15) is 0 Å². The SMILES string of the molecule is O=C(CNC(=O)c1cccc(Br)c1)NNC(=O)c1csc(N2CCOCC2)n1. The second-order valence-corrected chi connectivity index (χ2v) is 7.56. The second kappa shape index (κ2) is 9.62. The standard InChI is InChI=1S/C17H18BrN5O4S/c18-12-3-1-2-11(8-12)15(25)19-9-14(24)21-22-16(26)13-10-28-17(20-13)23-4-6-27-7-5-23/h1-3,8,10H,4-7,9H2,(H,19,25)(H,21,24)(H,22,26). The number of anilines is 1. The van der Waals surface area contributed by atoms with E-state index in [0.29, 0.717) is 18.8 Å². The first-order valence-electron chi connectivity index (χ1n) is 8.44. The molecule has 1 aromatic heterocycles. The molecule has 1 fully saturated rings. The predicted octanol–water partition coefficient (Wildman–Crippen LogP) is 0.933. The molecule has 3 N–H and O–H groups in total. The third-order valence-corrected chi connectivity index (χ3v) is 5.21. The van der Waals surface area contributed by atoms with Crippen molar-refractivity contribution in [1.82, 2.24) is 21.2 Å². The van der Waals surface area contributed by atoms with Crippen molar-refractivity contribution < 1.29 is 19.1 Å². The molecule has 2 heterocycles. The van der Waals surface area contributed by atoms with Crippen LogP contribution in [0.3, 0.4) is 0 Å². The van der Waals surface area contributed by atoms with E-state index >= 15 is 0 Å². The Morgan fingerprint density at radius 3 is 2.71 bits per heavy atom. The Morgan fingerprint density at radius 1 is 1.18 bits per heavy atom. The van der Waals surface area contributed by atoms with Crippen molar-refractivity contribution in [1.29, 1.82) is 0 Å². The van der Waals surface area contributed by atoms with Gasteiger partial charge in [0.2, 0.25) is 0 Å². The molecule has 148 valence electrons. The number of amides is 3. The van der Waals surface area contributed by atoms with Gasteiger partial charge in [-0.1, -0.05) is 22.0 Å². The van der Waals surface area contributed by atoms with E-state index in [2.05, 4.69) is 37.1 Å². The van der Waals surface area contributed by atoms with Crippen LogP contribution in [-0.2, 0) is 9.53 Å². The maximum atomic E-state index is 12.1. The topological polar surface area (TPSA) is 113 Å². The summed E-state index contributed by atoms with van der Waals surface area (Å²) < 4.78 is 6.05. The first kappa shape index (κ1) is 20.2. The molecule has 3 rings (SSSR count). The highest BCUT2D eigenvalue weighted by atomic mass is 79.9. The average molecular weight is 468 g/mol. The lowest BCUT2D eigenvalue weighted by molar-refractivity contribution is -0.120.